The zero-order valence-corrected chi connectivity index (χ0v) is 23.8. The standard InChI is InChI=1S/C31H34FN7O3/c1-37(2)29-24(32)7-8-25(34-29)23-16-39(36-28(23)18-3-4-18)21-11-17(12-21)14-33-20-5-6-22-19(13-20)15-38(31(22)42)26-9-10-27(40)35-30(26)41/h5-8,13,16-18,21,26,33H,3-4,9-12,14-15H2,1-2H3,(H,35,40,41)/t17-,21-,26?. The molecule has 2 saturated carbocycles. The van der Waals surface area contributed by atoms with E-state index >= 15 is 0 Å². The lowest BCUT2D eigenvalue weighted by atomic mass is 9.80. The first-order valence-electron chi connectivity index (χ1n) is 14.7. The van der Waals surface area contributed by atoms with Gasteiger partial charge in [-0.3, -0.25) is 24.4 Å². The van der Waals surface area contributed by atoms with Crippen LogP contribution < -0.4 is 15.5 Å². The van der Waals surface area contributed by atoms with E-state index in [4.69, 9.17) is 5.10 Å². The number of halogens is 1. The van der Waals surface area contributed by atoms with E-state index in [2.05, 4.69) is 26.5 Å². The molecule has 2 aliphatic heterocycles. The number of imide groups is 1. The summed E-state index contributed by atoms with van der Waals surface area (Å²) in [7, 11) is 3.59. The van der Waals surface area contributed by atoms with Gasteiger partial charge in [-0.25, -0.2) is 9.37 Å². The molecule has 218 valence electrons. The monoisotopic (exact) mass is 571 g/mol. The summed E-state index contributed by atoms with van der Waals surface area (Å²) in [6.07, 6.45) is 6.95. The quantitative estimate of drug-likeness (QED) is 0.395. The molecule has 7 rings (SSSR count). The highest BCUT2D eigenvalue weighted by Crippen LogP contribution is 2.46. The molecule has 4 heterocycles. The lowest BCUT2D eigenvalue weighted by Crippen LogP contribution is -2.52. The van der Waals surface area contributed by atoms with Crippen molar-refractivity contribution < 1.29 is 18.8 Å². The number of anilines is 2. The average Bonchev–Trinajstić information content (AvgIpc) is 3.61. The number of carbonyl (C=O) groups is 3. The van der Waals surface area contributed by atoms with E-state index in [1.54, 1.807) is 30.0 Å². The average molecular weight is 572 g/mol. The number of benzene rings is 1. The van der Waals surface area contributed by atoms with Crippen molar-refractivity contribution in [1.29, 1.82) is 0 Å². The second kappa shape index (κ2) is 10.2. The summed E-state index contributed by atoms with van der Waals surface area (Å²) in [5.41, 5.74) is 5.29. The van der Waals surface area contributed by atoms with Gasteiger partial charge in [0, 0.05) is 62.5 Å². The number of hydrogen-bond acceptors (Lipinski definition) is 7. The highest BCUT2D eigenvalue weighted by molar-refractivity contribution is 6.05. The Balaban J connectivity index is 0.978. The normalized spacial score (nSPS) is 23.5. The van der Waals surface area contributed by atoms with Gasteiger partial charge < -0.3 is 15.1 Å². The van der Waals surface area contributed by atoms with Crippen LogP contribution in [0.25, 0.3) is 11.3 Å². The van der Waals surface area contributed by atoms with Crippen LogP contribution in [-0.4, -0.2) is 64.1 Å². The summed E-state index contributed by atoms with van der Waals surface area (Å²) < 4.78 is 16.4. The van der Waals surface area contributed by atoms with Gasteiger partial charge in [0.1, 0.15) is 6.04 Å². The zero-order valence-electron chi connectivity index (χ0n) is 23.8. The zero-order chi connectivity index (χ0) is 29.1. The van der Waals surface area contributed by atoms with Crippen LogP contribution in [0.1, 0.15) is 72.1 Å². The topological polar surface area (TPSA) is 112 Å². The minimum absolute atomic E-state index is 0.161. The number of nitrogens with one attached hydrogen (secondary N) is 2. The summed E-state index contributed by atoms with van der Waals surface area (Å²) in [4.78, 5) is 44.7. The van der Waals surface area contributed by atoms with Crippen LogP contribution in [-0.2, 0) is 16.1 Å². The highest BCUT2D eigenvalue weighted by atomic mass is 19.1. The van der Waals surface area contributed by atoms with Gasteiger partial charge in [0.2, 0.25) is 11.8 Å². The predicted octanol–water partition coefficient (Wildman–Crippen LogP) is 3.85. The first-order valence-corrected chi connectivity index (χ1v) is 14.7. The van der Waals surface area contributed by atoms with Crippen LogP contribution in [0, 0.1) is 11.7 Å². The lowest BCUT2D eigenvalue weighted by molar-refractivity contribution is -0.136. The molecule has 42 heavy (non-hydrogen) atoms. The molecule has 1 aromatic carbocycles. The van der Waals surface area contributed by atoms with E-state index in [0.29, 0.717) is 42.2 Å². The molecule has 2 N–H and O–H groups in total. The third-order valence-electron chi connectivity index (χ3n) is 8.95. The number of piperidine rings is 1. The van der Waals surface area contributed by atoms with E-state index in [1.807, 2.05) is 18.2 Å². The molecule has 11 heteroatoms. The molecule has 0 radical (unpaired) electrons. The molecular formula is C31H34FN7O3. The molecule has 2 aliphatic carbocycles. The van der Waals surface area contributed by atoms with Crippen molar-refractivity contribution >= 4 is 29.2 Å². The van der Waals surface area contributed by atoms with Gasteiger partial charge in [-0.1, -0.05) is 0 Å². The van der Waals surface area contributed by atoms with Crippen molar-refractivity contribution in [2.24, 2.45) is 5.92 Å². The number of hydrogen-bond donors (Lipinski definition) is 2. The second-order valence-corrected chi connectivity index (χ2v) is 12.2. The Bertz CT molecular complexity index is 1590. The van der Waals surface area contributed by atoms with Crippen LogP contribution in [0.3, 0.4) is 0 Å². The minimum atomic E-state index is -0.608. The molecule has 0 bridgehead atoms. The number of aromatic nitrogens is 3. The maximum atomic E-state index is 14.3. The fourth-order valence-corrected chi connectivity index (χ4v) is 6.37. The van der Waals surface area contributed by atoms with E-state index in [-0.39, 0.29) is 24.1 Å². The Kier molecular flexibility index (Phi) is 6.47. The SMILES string of the molecule is CN(C)c1nc(-c2cn([C@H]3C[C@H](CNc4ccc5c(c4)CN(C4CCC(=O)NC4=O)C5=O)C3)nc2C2CC2)ccc1F. The molecule has 10 nitrogen and oxygen atoms in total. The van der Waals surface area contributed by atoms with Gasteiger partial charge >= 0.3 is 0 Å². The molecule has 0 spiro atoms. The van der Waals surface area contributed by atoms with Crippen molar-refractivity contribution in [1.82, 2.24) is 25.0 Å². The number of rotatable bonds is 8. The third-order valence-corrected chi connectivity index (χ3v) is 8.95. The molecular weight excluding hydrogens is 537 g/mol. The maximum absolute atomic E-state index is 14.3. The van der Waals surface area contributed by atoms with Gasteiger partial charge in [0.15, 0.2) is 11.6 Å². The first-order chi connectivity index (χ1) is 20.2. The molecule has 1 atom stereocenters. The predicted molar refractivity (Wildman–Crippen MR) is 154 cm³/mol. The molecule has 3 aromatic rings. The Labute approximate surface area is 243 Å². The maximum Gasteiger partial charge on any atom is 0.255 e. The van der Waals surface area contributed by atoms with E-state index in [9.17, 15) is 18.8 Å². The Hall–Kier alpha value is -4.28. The van der Waals surface area contributed by atoms with Gasteiger partial charge in [-0.05, 0) is 73.9 Å². The Morgan fingerprint density at radius 3 is 2.62 bits per heavy atom. The van der Waals surface area contributed by atoms with Crippen LogP contribution in [0.5, 0.6) is 0 Å². The molecule has 1 unspecified atom stereocenters. The van der Waals surface area contributed by atoms with Gasteiger partial charge in [-0.2, -0.15) is 5.10 Å². The Morgan fingerprint density at radius 1 is 1.07 bits per heavy atom. The first kappa shape index (κ1) is 26.6. The van der Waals surface area contributed by atoms with Crippen molar-refractivity contribution in [3.63, 3.8) is 0 Å². The summed E-state index contributed by atoms with van der Waals surface area (Å²) in [6.45, 7) is 1.18. The largest absolute Gasteiger partial charge is 0.385 e. The minimum Gasteiger partial charge on any atom is -0.385 e. The third kappa shape index (κ3) is 4.80. The fourth-order valence-electron chi connectivity index (χ4n) is 6.37. The van der Waals surface area contributed by atoms with Crippen molar-refractivity contribution in [3.05, 3.63) is 59.2 Å². The highest BCUT2D eigenvalue weighted by Gasteiger charge is 2.39. The smallest absolute Gasteiger partial charge is 0.255 e. The number of fused-ring (bicyclic) bond motifs is 1. The van der Waals surface area contributed by atoms with Gasteiger partial charge in [0.25, 0.3) is 5.91 Å². The number of pyridine rings is 1. The van der Waals surface area contributed by atoms with Crippen molar-refractivity contribution in [2.75, 3.05) is 30.9 Å². The van der Waals surface area contributed by atoms with E-state index in [0.717, 1.165) is 60.4 Å². The summed E-state index contributed by atoms with van der Waals surface area (Å²) in [5.74, 6) is 0.0931. The van der Waals surface area contributed by atoms with E-state index in [1.165, 1.54) is 6.07 Å². The lowest BCUT2D eigenvalue weighted by Gasteiger charge is -2.35. The van der Waals surface area contributed by atoms with Gasteiger partial charge in [-0.15, -0.1) is 0 Å². The number of amides is 3. The van der Waals surface area contributed by atoms with Crippen LogP contribution >= 0.6 is 0 Å². The molecule has 3 amide bonds. The number of nitrogens with zero attached hydrogens (tertiary/aromatic N) is 5. The van der Waals surface area contributed by atoms with Crippen molar-refractivity contribution in [2.45, 2.75) is 63.1 Å². The van der Waals surface area contributed by atoms with Gasteiger partial charge in [0.05, 0.1) is 17.4 Å². The van der Waals surface area contributed by atoms with E-state index < -0.39 is 11.9 Å². The van der Waals surface area contributed by atoms with Crippen LogP contribution in [0.2, 0.25) is 0 Å². The van der Waals surface area contributed by atoms with Crippen LogP contribution in [0.4, 0.5) is 15.9 Å². The molecule has 2 aromatic heterocycles. The molecule has 3 fully saturated rings. The van der Waals surface area contributed by atoms with Crippen molar-refractivity contribution in [3.8, 4) is 11.3 Å². The van der Waals surface area contributed by atoms with Crippen LogP contribution in [0.15, 0.2) is 36.5 Å². The Morgan fingerprint density at radius 2 is 1.88 bits per heavy atom. The second-order valence-electron chi connectivity index (χ2n) is 12.2. The summed E-state index contributed by atoms with van der Waals surface area (Å²) in [5, 5.41) is 10.9. The molecule has 4 aliphatic rings. The molecule has 1 saturated heterocycles. The fraction of sp³-hybridized carbons (Fsp3) is 0.452. The summed E-state index contributed by atoms with van der Waals surface area (Å²) >= 11 is 0. The number of carbonyl (C=O) groups excluding carboxylic acids is 3. The summed E-state index contributed by atoms with van der Waals surface area (Å²) in [6, 6.07) is 8.68.